The van der Waals surface area contributed by atoms with Gasteiger partial charge in [-0.3, -0.25) is 9.59 Å². The quantitative estimate of drug-likeness (QED) is 0.848. The number of nitrogens with two attached hydrogens (primary N) is 1. The van der Waals surface area contributed by atoms with E-state index in [1.807, 2.05) is 4.90 Å². The highest BCUT2D eigenvalue weighted by molar-refractivity contribution is 5.78. The van der Waals surface area contributed by atoms with E-state index in [9.17, 15) is 9.59 Å². The molecular formula is C21H30N2O3. The number of hydrogen-bond acceptors (Lipinski definition) is 3. The van der Waals surface area contributed by atoms with Gasteiger partial charge in [0.15, 0.2) is 0 Å². The predicted octanol–water partition coefficient (Wildman–Crippen LogP) is 2.31. The molecule has 5 nitrogen and oxygen atoms in total. The van der Waals surface area contributed by atoms with Crippen molar-refractivity contribution in [3.05, 3.63) is 35.4 Å². The van der Waals surface area contributed by atoms with Crippen LogP contribution in [0.1, 0.15) is 43.7 Å². The molecule has 0 aromatic heterocycles. The third-order valence-electron chi connectivity index (χ3n) is 5.92. The van der Waals surface area contributed by atoms with Crippen LogP contribution in [0.3, 0.4) is 0 Å². The molecule has 2 saturated heterocycles. The highest BCUT2D eigenvalue weighted by Gasteiger charge is 2.39. The number of primary amides is 1. The Morgan fingerprint density at radius 2 is 1.77 bits per heavy atom. The standard InChI is InChI=1S/C21H30N2O3/c1-2-15-3-5-16(6-4-15)7-8-19(24)23-12-9-17(10-13-23)20-18(21(22)25)11-14-26-20/h3-6,17-18,20H,2,7-14H2,1H3,(H2,22,25)/t18-,20+/m0/s1. The SMILES string of the molecule is CCc1ccc(CCC(=O)N2CCC([C@H]3OCC[C@@H]3C(N)=O)CC2)cc1. The molecule has 142 valence electrons. The van der Waals surface area contributed by atoms with Crippen molar-refractivity contribution >= 4 is 11.8 Å². The number of aryl methyl sites for hydroxylation is 2. The lowest BCUT2D eigenvalue weighted by molar-refractivity contribution is -0.134. The molecule has 1 aromatic rings. The summed E-state index contributed by atoms with van der Waals surface area (Å²) in [4.78, 5) is 26.0. The molecule has 5 heteroatoms. The predicted molar refractivity (Wildman–Crippen MR) is 100 cm³/mol. The van der Waals surface area contributed by atoms with Crippen LogP contribution in [0.15, 0.2) is 24.3 Å². The third-order valence-corrected chi connectivity index (χ3v) is 5.92. The van der Waals surface area contributed by atoms with Crippen LogP contribution < -0.4 is 5.73 Å². The number of carbonyl (C=O) groups excluding carboxylic acids is 2. The van der Waals surface area contributed by atoms with Gasteiger partial charge >= 0.3 is 0 Å². The minimum absolute atomic E-state index is 0.0539. The average Bonchev–Trinajstić information content (AvgIpc) is 3.17. The Balaban J connectivity index is 1.45. The minimum Gasteiger partial charge on any atom is -0.377 e. The number of carbonyl (C=O) groups is 2. The van der Waals surface area contributed by atoms with Crippen LogP contribution in [-0.2, 0) is 27.2 Å². The van der Waals surface area contributed by atoms with E-state index in [0.29, 0.717) is 18.9 Å². The molecule has 2 heterocycles. The number of rotatable bonds is 6. The van der Waals surface area contributed by atoms with E-state index < -0.39 is 0 Å². The molecule has 2 aliphatic heterocycles. The monoisotopic (exact) mass is 358 g/mol. The first-order chi connectivity index (χ1) is 12.6. The maximum absolute atomic E-state index is 12.5. The second-order valence-corrected chi connectivity index (χ2v) is 7.52. The van der Waals surface area contributed by atoms with E-state index in [2.05, 4.69) is 31.2 Å². The van der Waals surface area contributed by atoms with Crippen molar-refractivity contribution in [1.82, 2.24) is 4.90 Å². The van der Waals surface area contributed by atoms with Crippen LogP contribution in [0.4, 0.5) is 0 Å². The van der Waals surface area contributed by atoms with Gasteiger partial charge in [-0.05, 0) is 49.1 Å². The molecule has 0 bridgehead atoms. The van der Waals surface area contributed by atoms with Crippen LogP contribution in [-0.4, -0.2) is 42.5 Å². The lowest BCUT2D eigenvalue weighted by Crippen LogP contribution is -2.44. The molecule has 0 aliphatic carbocycles. The molecule has 3 rings (SSSR count). The summed E-state index contributed by atoms with van der Waals surface area (Å²) in [5.74, 6) is 0.149. The summed E-state index contributed by atoms with van der Waals surface area (Å²) in [7, 11) is 0. The summed E-state index contributed by atoms with van der Waals surface area (Å²) in [6.07, 6.45) is 4.85. The highest BCUT2D eigenvalue weighted by atomic mass is 16.5. The Morgan fingerprint density at radius 3 is 2.38 bits per heavy atom. The fraction of sp³-hybridized carbons (Fsp3) is 0.619. The van der Waals surface area contributed by atoms with Gasteiger partial charge in [-0.2, -0.15) is 0 Å². The van der Waals surface area contributed by atoms with Gasteiger partial charge in [-0.25, -0.2) is 0 Å². The number of likely N-dealkylation sites (tertiary alicyclic amines) is 1. The number of nitrogens with zero attached hydrogens (tertiary/aromatic N) is 1. The Bertz CT molecular complexity index is 621. The second-order valence-electron chi connectivity index (χ2n) is 7.52. The fourth-order valence-corrected chi connectivity index (χ4v) is 4.21. The van der Waals surface area contributed by atoms with Crippen molar-refractivity contribution in [3.63, 3.8) is 0 Å². The number of ether oxygens (including phenoxy) is 1. The molecule has 2 aliphatic rings. The van der Waals surface area contributed by atoms with Gasteiger partial charge in [0.2, 0.25) is 11.8 Å². The summed E-state index contributed by atoms with van der Waals surface area (Å²) in [5.41, 5.74) is 8.04. The maximum Gasteiger partial charge on any atom is 0.223 e. The van der Waals surface area contributed by atoms with Gasteiger partial charge in [-0.1, -0.05) is 31.2 Å². The van der Waals surface area contributed by atoms with Crippen molar-refractivity contribution in [2.45, 2.75) is 51.6 Å². The molecule has 2 amide bonds. The van der Waals surface area contributed by atoms with Crippen molar-refractivity contribution in [2.24, 2.45) is 17.6 Å². The van der Waals surface area contributed by atoms with Crippen molar-refractivity contribution in [2.75, 3.05) is 19.7 Å². The first-order valence-corrected chi connectivity index (χ1v) is 9.85. The van der Waals surface area contributed by atoms with Crippen molar-refractivity contribution < 1.29 is 14.3 Å². The minimum atomic E-state index is -0.250. The summed E-state index contributed by atoms with van der Waals surface area (Å²) in [5, 5.41) is 0. The molecule has 26 heavy (non-hydrogen) atoms. The first-order valence-electron chi connectivity index (χ1n) is 9.85. The zero-order valence-corrected chi connectivity index (χ0v) is 15.7. The van der Waals surface area contributed by atoms with Gasteiger partial charge < -0.3 is 15.4 Å². The number of amides is 2. The Labute approximate surface area is 155 Å². The van der Waals surface area contributed by atoms with E-state index in [4.69, 9.17) is 10.5 Å². The van der Waals surface area contributed by atoms with Crippen LogP contribution in [0.25, 0.3) is 0 Å². The van der Waals surface area contributed by atoms with E-state index in [1.165, 1.54) is 11.1 Å². The van der Waals surface area contributed by atoms with Gasteiger partial charge in [-0.15, -0.1) is 0 Å². The molecule has 2 atom stereocenters. The Morgan fingerprint density at radius 1 is 1.12 bits per heavy atom. The highest BCUT2D eigenvalue weighted by Crippen LogP contribution is 2.33. The largest absolute Gasteiger partial charge is 0.377 e. The van der Waals surface area contributed by atoms with E-state index in [1.54, 1.807) is 0 Å². The number of piperidine rings is 1. The van der Waals surface area contributed by atoms with Gasteiger partial charge in [0.1, 0.15) is 0 Å². The summed E-state index contributed by atoms with van der Waals surface area (Å²) in [6.45, 7) is 4.27. The van der Waals surface area contributed by atoms with Crippen molar-refractivity contribution in [3.8, 4) is 0 Å². The van der Waals surface area contributed by atoms with Crippen molar-refractivity contribution in [1.29, 1.82) is 0 Å². The van der Waals surface area contributed by atoms with E-state index in [0.717, 1.165) is 45.2 Å². The summed E-state index contributed by atoms with van der Waals surface area (Å²) in [6, 6.07) is 8.53. The molecule has 1 aromatic carbocycles. The topological polar surface area (TPSA) is 72.6 Å². The molecule has 0 saturated carbocycles. The third kappa shape index (κ3) is 4.44. The molecule has 0 radical (unpaired) electrons. The zero-order valence-electron chi connectivity index (χ0n) is 15.7. The van der Waals surface area contributed by atoms with Crippen LogP contribution in [0, 0.1) is 11.8 Å². The average molecular weight is 358 g/mol. The van der Waals surface area contributed by atoms with E-state index >= 15 is 0 Å². The number of benzene rings is 1. The molecule has 2 fully saturated rings. The van der Waals surface area contributed by atoms with Crippen LogP contribution in [0.5, 0.6) is 0 Å². The molecule has 0 spiro atoms. The smallest absolute Gasteiger partial charge is 0.223 e. The van der Waals surface area contributed by atoms with Crippen LogP contribution >= 0.6 is 0 Å². The lowest BCUT2D eigenvalue weighted by Gasteiger charge is -2.35. The molecule has 2 N–H and O–H groups in total. The molecule has 0 unspecified atom stereocenters. The van der Waals surface area contributed by atoms with Gasteiger partial charge in [0.25, 0.3) is 0 Å². The number of hydrogen-bond donors (Lipinski definition) is 1. The summed E-state index contributed by atoms with van der Waals surface area (Å²) < 4.78 is 5.78. The first kappa shape index (κ1) is 18.9. The Kier molecular flexibility index (Phi) is 6.30. The van der Waals surface area contributed by atoms with Gasteiger partial charge in [0, 0.05) is 26.1 Å². The fourth-order valence-electron chi connectivity index (χ4n) is 4.21. The zero-order chi connectivity index (χ0) is 18.5. The lowest BCUT2D eigenvalue weighted by atomic mass is 9.84. The Hall–Kier alpha value is -1.88. The second kappa shape index (κ2) is 8.67. The summed E-state index contributed by atoms with van der Waals surface area (Å²) >= 11 is 0. The molecular weight excluding hydrogens is 328 g/mol. The normalized spacial score (nSPS) is 24.0. The van der Waals surface area contributed by atoms with Gasteiger partial charge in [0.05, 0.1) is 12.0 Å². The maximum atomic E-state index is 12.5. The van der Waals surface area contributed by atoms with E-state index in [-0.39, 0.29) is 23.8 Å². The van der Waals surface area contributed by atoms with Crippen LogP contribution in [0.2, 0.25) is 0 Å².